The number of hydrogen-bond donors (Lipinski definition) is 2. The second-order valence-corrected chi connectivity index (χ2v) is 2.58. The van der Waals surface area contributed by atoms with Crippen LogP contribution in [0.4, 0.5) is 4.39 Å². The molecule has 0 saturated heterocycles. The molecule has 0 spiro atoms. The van der Waals surface area contributed by atoms with Crippen molar-refractivity contribution in [1.82, 2.24) is 5.43 Å². The Morgan fingerprint density at radius 2 is 2.23 bits per heavy atom. The molecule has 0 bridgehead atoms. The van der Waals surface area contributed by atoms with Gasteiger partial charge < -0.3 is 10.5 Å². The number of rotatable bonds is 2. The van der Waals surface area contributed by atoms with Crippen LogP contribution in [0, 0.1) is 5.82 Å². The SMILES string of the molecule is CN/N=C(/C)c1cc(F)ccc1O. The van der Waals surface area contributed by atoms with Gasteiger partial charge in [0.1, 0.15) is 11.6 Å². The molecule has 0 atom stereocenters. The van der Waals surface area contributed by atoms with Gasteiger partial charge in [-0.05, 0) is 25.1 Å². The van der Waals surface area contributed by atoms with E-state index in [1.54, 1.807) is 14.0 Å². The quantitative estimate of drug-likeness (QED) is 0.537. The molecule has 2 N–H and O–H groups in total. The molecule has 13 heavy (non-hydrogen) atoms. The molecule has 0 aliphatic heterocycles. The van der Waals surface area contributed by atoms with Gasteiger partial charge in [-0.3, -0.25) is 0 Å². The first-order chi connectivity index (χ1) is 6.15. The van der Waals surface area contributed by atoms with Crippen molar-refractivity contribution in [3.05, 3.63) is 29.6 Å². The molecule has 1 rings (SSSR count). The summed E-state index contributed by atoms with van der Waals surface area (Å²) in [5.74, 6) is -0.364. The predicted octanol–water partition coefficient (Wildman–Crippen LogP) is 1.47. The summed E-state index contributed by atoms with van der Waals surface area (Å²) in [6, 6.07) is 3.75. The molecule has 4 heteroatoms. The smallest absolute Gasteiger partial charge is 0.124 e. The number of hydrogen-bond acceptors (Lipinski definition) is 3. The summed E-state index contributed by atoms with van der Waals surface area (Å²) in [4.78, 5) is 0. The van der Waals surface area contributed by atoms with Crippen LogP contribution in [0.25, 0.3) is 0 Å². The number of nitrogens with zero attached hydrogens (tertiary/aromatic N) is 1. The number of nitrogens with one attached hydrogen (secondary N) is 1. The number of benzene rings is 1. The van der Waals surface area contributed by atoms with Gasteiger partial charge in [0.2, 0.25) is 0 Å². The predicted molar refractivity (Wildman–Crippen MR) is 49.3 cm³/mol. The van der Waals surface area contributed by atoms with Crippen LogP contribution in [0.2, 0.25) is 0 Å². The fraction of sp³-hybridized carbons (Fsp3) is 0.222. The minimum atomic E-state index is -0.390. The van der Waals surface area contributed by atoms with Gasteiger partial charge in [0.05, 0.1) is 5.71 Å². The van der Waals surface area contributed by atoms with Gasteiger partial charge in [0.15, 0.2) is 0 Å². The Kier molecular flexibility index (Phi) is 2.84. The minimum Gasteiger partial charge on any atom is -0.507 e. The highest BCUT2D eigenvalue weighted by Gasteiger charge is 2.05. The molecule has 0 unspecified atom stereocenters. The molecule has 0 aliphatic rings. The summed E-state index contributed by atoms with van der Waals surface area (Å²) in [6.45, 7) is 1.69. The third-order valence-electron chi connectivity index (χ3n) is 1.63. The molecule has 0 fully saturated rings. The average Bonchev–Trinajstić information content (AvgIpc) is 2.09. The molecule has 0 radical (unpaired) electrons. The topological polar surface area (TPSA) is 44.6 Å². The molecule has 0 saturated carbocycles. The van der Waals surface area contributed by atoms with Crippen LogP contribution in [0.3, 0.4) is 0 Å². The Labute approximate surface area is 75.9 Å². The fourth-order valence-electron chi connectivity index (χ4n) is 1.03. The summed E-state index contributed by atoms with van der Waals surface area (Å²) in [6.07, 6.45) is 0. The zero-order valence-corrected chi connectivity index (χ0v) is 7.50. The Bertz CT molecular complexity index is 336. The van der Waals surface area contributed by atoms with E-state index in [2.05, 4.69) is 10.5 Å². The lowest BCUT2D eigenvalue weighted by Crippen LogP contribution is -2.03. The lowest BCUT2D eigenvalue weighted by atomic mass is 10.1. The standard InChI is InChI=1S/C9H11FN2O/c1-6(12-11-2)8-5-7(10)3-4-9(8)13/h3-5,11,13H,1-2H3/b12-6-. The van der Waals surface area contributed by atoms with E-state index in [4.69, 9.17) is 0 Å². The van der Waals surface area contributed by atoms with Gasteiger partial charge in [-0.25, -0.2) is 4.39 Å². The maximum atomic E-state index is 12.8. The first-order valence-corrected chi connectivity index (χ1v) is 3.85. The number of aromatic hydroxyl groups is 1. The van der Waals surface area contributed by atoms with Crippen LogP contribution in [0.15, 0.2) is 23.3 Å². The van der Waals surface area contributed by atoms with Crippen LogP contribution in [-0.4, -0.2) is 17.9 Å². The van der Waals surface area contributed by atoms with E-state index >= 15 is 0 Å². The number of hydrazone groups is 1. The fourth-order valence-corrected chi connectivity index (χ4v) is 1.03. The average molecular weight is 182 g/mol. The van der Waals surface area contributed by atoms with E-state index in [9.17, 15) is 9.50 Å². The molecule has 0 aliphatic carbocycles. The highest BCUT2D eigenvalue weighted by atomic mass is 19.1. The second-order valence-electron chi connectivity index (χ2n) is 2.58. The van der Waals surface area contributed by atoms with Crippen LogP contribution in [0.5, 0.6) is 5.75 Å². The van der Waals surface area contributed by atoms with Crippen molar-refractivity contribution in [2.24, 2.45) is 5.10 Å². The van der Waals surface area contributed by atoms with Crippen molar-refractivity contribution in [3.8, 4) is 5.75 Å². The molecule has 1 aromatic carbocycles. The van der Waals surface area contributed by atoms with Gasteiger partial charge >= 0.3 is 0 Å². The first-order valence-electron chi connectivity index (χ1n) is 3.85. The van der Waals surface area contributed by atoms with Crippen LogP contribution >= 0.6 is 0 Å². The number of phenolic OH excluding ortho intramolecular Hbond substituents is 1. The Balaban J connectivity index is 3.13. The van der Waals surface area contributed by atoms with E-state index in [0.29, 0.717) is 11.3 Å². The molecule has 0 aromatic heterocycles. The molecule has 1 aromatic rings. The van der Waals surface area contributed by atoms with Crippen LogP contribution in [-0.2, 0) is 0 Å². The largest absolute Gasteiger partial charge is 0.507 e. The summed E-state index contributed by atoms with van der Waals surface area (Å²) < 4.78 is 12.8. The number of phenols is 1. The second kappa shape index (κ2) is 3.89. The van der Waals surface area contributed by atoms with Gasteiger partial charge in [0.25, 0.3) is 0 Å². The number of halogens is 1. The Morgan fingerprint density at radius 3 is 2.85 bits per heavy atom. The van der Waals surface area contributed by atoms with E-state index in [0.717, 1.165) is 0 Å². The van der Waals surface area contributed by atoms with E-state index in [1.807, 2.05) is 0 Å². The molecule has 0 amide bonds. The van der Waals surface area contributed by atoms with Crippen molar-refractivity contribution in [3.63, 3.8) is 0 Å². The van der Waals surface area contributed by atoms with Crippen LogP contribution in [0.1, 0.15) is 12.5 Å². The summed E-state index contributed by atoms with van der Waals surface area (Å²) >= 11 is 0. The van der Waals surface area contributed by atoms with Gasteiger partial charge in [-0.2, -0.15) is 5.10 Å². The van der Waals surface area contributed by atoms with Gasteiger partial charge in [-0.15, -0.1) is 0 Å². The van der Waals surface area contributed by atoms with Gasteiger partial charge in [-0.1, -0.05) is 0 Å². The van der Waals surface area contributed by atoms with Crippen molar-refractivity contribution < 1.29 is 9.50 Å². The highest BCUT2D eigenvalue weighted by Crippen LogP contribution is 2.18. The summed E-state index contributed by atoms with van der Waals surface area (Å²) in [5, 5.41) is 13.2. The third kappa shape index (κ3) is 2.18. The van der Waals surface area contributed by atoms with E-state index in [-0.39, 0.29) is 5.75 Å². The third-order valence-corrected chi connectivity index (χ3v) is 1.63. The summed E-state index contributed by atoms with van der Waals surface area (Å²) in [5.41, 5.74) is 3.51. The molecular formula is C9H11FN2O. The Morgan fingerprint density at radius 1 is 1.54 bits per heavy atom. The highest BCUT2D eigenvalue weighted by molar-refractivity contribution is 6.00. The van der Waals surface area contributed by atoms with Crippen molar-refractivity contribution >= 4 is 5.71 Å². The zero-order valence-electron chi connectivity index (χ0n) is 7.50. The Hall–Kier alpha value is -1.58. The molecular weight excluding hydrogens is 171 g/mol. The van der Waals surface area contributed by atoms with Gasteiger partial charge in [0, 0.05) is 12.6 Å². The normalized spacial score (nSPS) is 11.5. The summed E-state index contributed by atoms with van der Waals surface area (Å²) in [7, 11) is 1.64. The van der Waals surface area contributed by atoms with Crippen molar-refractivity contribution in [2.45, 2.75) is 6.92 Å². The van der Waals surface area contributed by atoms with E-state index < -0.39 is 5.82 Å². The zero-order chi connectivity index (χ0) is 9.84. The lowest BCUT2D eigenvalue weighted by Gasteiger charge is -2.03. The van der Waals surface area contributed by atoms with Crippen LogP contribution < -0.4 is 5.43 Å². The van der Waals surface area contributed by atoms with Crippen molar-refractivity contribution in [1.29, 1.82) is 0 Å². The molecule has 70 valence electrons. The maximum absolute atomic E-state index is 12.8. The first kappa shape index (κ1) is 9.51. The molecule has 3 nitrogen and oxygen atoms in total. The minimum absolute atomic E-state index is 0.0258. The molecule has 0 heterocycles. The lowest BCUT2D eigenvalue weighted by molar-refractivity contribution is 0.471. The monoisotopic (exact) mass is 182 g/mol. The van der Waals surface area contributed by atoms with E-state index in [1.165, 1.54) is 18.2 Å². The van der Waals surface area contributed by atoms with Crippen molar-refractivity contribution in [2.75, 3.05) is 7.05 Å². The maximum Gasteiger partial charge on any atom is 0.124 e.